The number of halogens is 1. The Hall–Kier alpha value is -0.710. The van der Waals surface area contributed by atoms with Crippen LogP contribution in [0.15, 0.2) is 29.2 Å². The third-order valence-corrected chi connectivity index (χ3v) is 5.29. The summed E-state index contributed by atoms with van der Waals surface area (Å²) >= 11 is 7.40. The molecular weight excluding hydrogens is 292 g/mol. The number of fused-ring (bicyclic) bond motifs is 2. The molecule has 2 aliphatic rings. The molecule has 2 N–H and O–H groups in total. The first-order chi connectivity index (χ1) is 9.69. The van der Waals surface area contributed by atoms with Crippen LogP contribution in [0.5, 0.6) is 0 Å². The van der Waals surface area contributed by atoms with Crippen LogP contribution in [0.25, 0.3) is 0 Å². The summed E-state index contributed by atoms with van der Waals surface area (Å²) in [6, 6.07) is 9.19. The summed E-state index contributed by atoms with van der Waals surface area (Å²) in [6.07, 6.45) is 4.68. The van der Waals surface area contributed by atoms with Crippen molar-refractivity contribution in [1.29, 1.82) is 0 Å². The van der Waals surface area contributed by atoms with Crippen LogP contribution in [0.3, 0.4) is 0 Å². The molecule has 2 heterocycles. The molecule has 1 aromatic carbocycles. The summed E-state index contributed by atoms with van der Waals surface area (Å²) in [5.41, 5.74) is 0. The molecule has 0 radical (unpaired) electrons. The molecular formula is C15H19ClN2OS. The molecule has 0 spiro atoms. The van der Waals surface area contributed by atoms with Crippen molar-refractivity contribution in [1.82, 2.24) is 10.6 Å². The molecule has 2 aliphatic heterocycles. The van der Waals surface area contributed by atoms with Crippen LogP contribution >= 0.6 is 23.4 Å². The van der Waals surface area contributed by atoms with E-state index in [4.69, 9.17) is 11.6 Å². The topological polar surface area (TPSA) is 41.1 Å². The summed E-state index contributed by atoms with van der Waals surface area (Å²) in [5.74, 6) is 0.609. The molecule has 2 bridgehead atoms. The second kappa shape index (κ2) is 6.37. The minimum absolute atomic E-state index is 0.135. The highest BCUT2D eigenvalue weighted by Gasteiger charge is 2.33. The van der Waals surface area contributed by atoms with Crippen molar-refractivity contribution >= 4 is 29.3 Å². The molecule has 1 amide bonds. The van der Waals surface area contributed by atoms with E-state index in [1.165, 1.54) is 12.8 Å². The highest BCUT2D eigenvalue weighted by Crippen LogP contribution is 2.27. The first kappa shape index (κ1) is 14.2. The van der Waals surface area contributed by atoms with Gasteiger partial charge < -0.3 is 10.6 Å². The van der Waals surface area contributed by atoms with Crippen LogP contribution in [0, 0.1) is 0 Å². The second-order valence-corrected chi connectivity index (χ2v) is 7.10. The maximum atomic E-state index is 12.0. The second-order valence-electron chi connectivity index (χ2n) is 5.62. The van der Waals surface area contributed by atoms with Crippen molar-refractivity contribution in [3.8, 4) is 0 Å². The van der Waals surface area contributed by atoms with E-state index in [1.54, 1.807) is 11.8 Å². The zero-order chi connectivity index (χ0) is 13.9. The van der Waals surface area contributed by atoms with Crippen LogP contribution in [-0.4, -0.2) is 29.8 Å². The minimum atomic E-state index is 0.135. The summed E-state index contributed by atoms with van der Waals surface area (Å²) in [5, 5.41) is 7.49. The average Bonchev–Trinajstić information content (AvgIpc) is 2.77. The maximum Gasteiger partial charge on any atom is 0.230 e. The minimum Gasteiger partial charge on any atom is -0.353 e. The summed E-state index contributed by atoms with van der Waals surface area (Å²) < 4.78 is 0. The largest absolute Gasteiger partial charge is 0.353 e. The lowest BCUT2D eigenvalue weighted by molar-refractivity contribution is -0.119. The van der Waals surface area contributed by atoms with Gasteiger partial charge in [0.15, 0.2) is 0 Å². The van der Waals surface area contributed by atoms with E-state index in [9.17, 15) is 4.79 Å². The number of rotatable bonds is 4. The molecule has 0 saturated carbocycles. The molecule has 0 aliphatic carbocycles. The molecule has 3 nitrogen and oxygen atoms in total. The Labute approximate surface area is 128 Å². The van der Waals surface area contributed by atoms with Crippen LogP contribution < -0.4 is 10.6 Å². The standard InChI is InChI=1S/C15H19ClN2OS/c16-10-1-5-14(6-2-10)20-9-15(19)18-13-7-11-3-4-12(8-13)17-11/h1-2,5-6,11-13,17H,3-4,7-9H2,(H,18,19). The van der Waals surface area contributed by atoms with E-state index in [2.05, 4.69) is 10.6 Å². The van der Waals surface area contributed by atoms with E-state index in [0.29, 0.717) is 23.9 Å². The first-order valence-electron chi connectivity index (χ1n) is 7.13. The van der Waals surface area contributed by atoms with Crippen LogP contribution in [0.4, 0.5) is 0 Å². The van der Waals surface area contributed by atoms with Crippen molar-refractivity contribution in [2.75, 3.05) is 5.75 Å². The van der Waals surface area contributed by atoms with Gasteiger partial charge in [-0.2, -0.15) is 0 Å². The van der Waals surface area contributed by atoms with Gasteiger partial charge >= 0.3 is 0 Å². The van der Waals surface area contributed by atoms with Crippen LogP contribution in [0.1, 0.15) is 25.7 Å². The SMILES string of the molecule is O=C(CSc1ccc(Cl)cc1)NC1CC2CCC(C1)N2. The third kappa shape index (κ3) is 3.68. The Morgan fingerprint density at radius 2 is 1.90 bits per heavy atom. The zero-order valence-electron chi connectivity index (χ0n) is 11.3. The molecule has 3 rings (SSSR count). The monoisotopic (exact) mass is 310 g/mol. The van der Waals surface area contributed by atoms with Crippen molar-refractivity contribution in [3.05, 3.63) is 29.3 Å². The Morgan fingerprint density at radius 1 is 1.25 bits per heavy atom. The van der Waals surface area contributed by atoms with Gasteiger partial charge in [-0.1, -0.05) is 11.6 Å². The highest BCUT2D eigenvalue weighted by atomic mass is 35.5. The predicted molar refractivity (Wildman–Crippen MR) is 83.3 cm³/mol. The Kier molecular flexibility index (Phi) is 4.54. The molecule has 108 valence electrons. The summed E-state index contributed by atoms with van der Waals surface area (Å²) in [6.45, 7) is 0. The first-order valence-corrected chi connectivity index (χ1v) is 8.49. The molecule has 2 saturated heterocycles. The fourth-order valence-corrected chi connectivity index (χ4v) is 3.96. The highest BCUT2D eigenvalue weighted by molar-refractivity contribution is 8.00. The van der Waals surface area contributed by atoms with Gasteiger partial charge in [0.2, 0.25) is 5.91 Å². The number of hydrogen-bond acceptors (Lipinski definition) is 3. The normalized spacial score (nSPS) is 28.4. The van der Waals surface area contributed by atoms with E-state index in [1.807, 2.05) is 24.3 Å². The van der Waals surface area contributed by atoms with Gasteiger partial charge in [0.1, 0.15) is 0 Å². The van der Waals surface area contributed by atoms with Crippen molar-refractivity contribution in [2.45, 2.75) is 48.7 Å². The van der Waals surface area contributed by atoms with Crippen molar-refractivity contribution in [3.63, 3.8) is 0 Å². The van der Waals surface area contributed by atoms with Crippen molar-refractivity contribution in [2.24, 2.45) is 0 Å². The van der Waals surface area contributed by atoms with E-state index < -0.39 is 0 Å². The molecule has 20 heavy (non-hydrogen) atoms. The van der Waals surface area contributed by atoms with Gasteiger partial charge in [0, 0.05) is 28.0 Å². The fraction of sp³-hybridized carbons (Fsp3) is 0.533. The van der Waals surface area contributed by atoms with Gasteiger partial charge in [-0.25, -0.2) is 0 Å². The number of thioether (sulfide) groups is 1. The van der Waals surface area contributed by atoms with Crippen LogP contribution in [-0.2, 0) is 4.79 Å². The Bertz CT molecular complexity index is 467. The molecule has 0 aromatic heterocycles. The lowest BCUT2D eigenvalue weighted by Gasteiger charge is -2.29. The predicted octanol–water partition coefficient (Wildman–Crippen LogP) is 2.83. The third-order valence-electron chi connectivity index (χ3n) is 4.02. The molecule has 5 heteroatoms. The Morgan fingerprint density at radius 3 is 2.55 bits per heavy atom. The van der Waals surface area contributed by atoms with Crippen molar-refractivity contribution < 1.29 is 4.79 Å². The fourth-order valence-electron chi connectivity index (χ4n) is 3.12. The number of carbonyl (C=O) groups is 1. The number of hydrogen-bond donors (Lipinski definition) is 2. The quantitative estimate of drug-likeness (QED) is 0.840. The van der Waals surface area contributed by atoms with Gasteiger partial charge in [0.25, 0.3) is 0 Å². The smallest absolute Gasteiger partial charge is 0.230 e. The number of nitrogens with one attached hydrogen (secondary N) is 2. The molecule has 2 atom stereocenters. The van der Waals surface area contributed by atoms with Gasteiger partial charge in [0.05, 0.1) is 5.75 Å². The lowest BCUT2D eigenvalue weighted by atomic mass is 10.00. The molecule has 2 fully saturated rings. The maximum absolute atomic E-state index is 12.0. The summed E-state index contributed by atoms with van der Waals surface area (Å²) in [7, 11) is 0. The van der Waals surface area contributed by atoms with E-state index >= 15 is 0 Å². The average molecular weight is 311 g/mol. The van der Waals surface area contributed by atoms with Gasteiger partial charge in [-0.3, -0.25) is 4.79 Å². The van der Waals surface area contributed by atoms with Gasteiger partial charge in [-0.15, -0.1) is 11.8 Å². The zero-order valence-corrected chi connectivity index (χ0v) is 12.8. The molecule has 1 aromatic rings. The van der Waals surface area contributed by atoms with Crippen LogP contribution in [0.2, 0.25) is 5.02 Å². The number of piperidine rings is 1. The number of carbonyl (C=O) groups excluding carboxylic acids is 1. The molecule has 2 unspecified atom stereocenters. The number of benzene rings is 1. The number of amides is 1. The Balaban J connectivity index is 1.44. The van der Waals surface area contributed by atoms with E-state index in [-0.39, 0.29) is 5.91 Å². The van der Waals surface area contributed by atoms with Gasteiger partial charge in [-0.05, 0) is 49.9 Å². The summed E-state index contributed by atoms with van der Waals surface area (Å²) in [4.78, 5) is 13.1. The lowest BCUT2D eigenvalue weighted by Crippen LogP contribution is -2.48. The van der Waals surface area contributed by atoms with E-state index in [0.717, 1.165) is 22.8 Å².